The zero-order chi connectivity index (χ0) is 20.0. The molecule has 0 radical (unpaired) electrons. The summed E-state index contributed by atoms with van der Waals surface area (Å²) >= 11 is 0. The average Bonchev–Trinajstić information content (AvgIpc) is 2.60. The summed E-state index contributed by atoms with van der Waals surface area (Å²) in [5.41, 5.74) is 13.0. The minimum Gasteiger partial charge on any atom is -0.368 e. The lowest BCUT2D eigenvalue weighted by Crippen LogP contribution is -2.44. The van der Waals surface area contributed by atoms with Gasteiger partial charge >= 0.3 is 0 Å². The molecule has 2 aromatic rings. The fourth-order valence-corrected chi connectivity index (χ4v) is 2.70. The van der Waals surface area contributed by atoms with E-state index < -0.39 is 12.1 Å². The van der Waals surface area contributed by atoms with Gasteiger partial charge in [-0.15, -0.1) is 0 Å². The van der Waals surface area contributed by atoms with Gasteiger partial charge < -0.3 is 21.7 Å². The Hall–Kier alpha value is -2.74. The quantitative estimate of drug-likeness (QED) is 0.639. The van der Waals surface area contributed by atoms with Crippen molar-refractivity contribution < 1.29 is 4.79 Å². The van der Waals surface area contributed by atoms with Gasteiger partial charge in [0, 0.05) is 14.1 Å². The fraction of sp³-hybridized carbons (Fsp3) is 0.474. The Bertz CT molecular complexity index is 749. The monoisotopic (exact) mass is 371 g/mol. The predicted molar refractivity (Wildman–Crippen MR) is 107 cm³/mol. The van der Waals surface area contributed by atoms with Gasteiger partial charge in [-0.05, 0) is 24.3 Å². The number of amides is 1. The molecule has 2 unspecified atom stereocenters. The normalized spacial score (nSPS) is 13.3. The molecule has 0 saturated heterocycles. The first-order chi connectivity index (χ1) is 12.8. The molecule has 0 bridgehead atoms. The van der Waals surface area contributed by atoms with Crippen LogP contribution in [0.1, 0.15) is 37.7 Å². The van der Waals surface area contributed by atoms with Gasteiger partial charge in [0.15, 0.2) is 5.82 Å². The summed E-state index contributed by atoms with van der Waals surface area (Å²) in [5, 5.41) is 2.99. The molecular formula is C19H29N7O. The summed E-state index contributed by atoms with van der Waals surface area (Å²) in [5.74, 6) is 1.07. The topological polar surface area (TPSA) is 123 Å². The summed E-state index contributed by atoms with van der Waals surface area (Å²) in [6, 6.07) is 8.78. The van der Waals surface area contributed by atoms with Crippen LogP contribution in [0.4, 0.5) is 11.9 Å². The second-order valence-corrected chi connectivity index (χ2v) is 7.23. The summed E-state index contributed by atoms with van der Waals surface area (Å²) < 4.78 is 0. The molecule has 1 amide bonds. The van der Waals surface area contributed by atoms with Crippen LogP contribution in [0.5, 0.6) is 0 Å². The van der Waals surface area contributed by atoms with Crippen molar-refractivity contribution in [3.63, 3.8) is 0 Å². The molecule has 8 nitrogen and oxygen atoms in total. The Morgan fingerprint density at radius 3 is 2.41 bits per heavy atom. The molecule has 0 spiro atoms. The summed E-state index contributed by atoms with van der Waals surface area (Å²) in [7, 11) is 3.64. The van der Waals surface area contributed by atoms with Crippen molar-refractivity contribution in [2.45, 2.75) is 38.8 Å². The van der Waals surface area contributed by atoms with E-state index in [1.165, 1.54) is 0 Å². The molecule has 146 valence electrons. The van der Waals surface area contributed by atoms with E-state index in [0.717, 1.165) is 5.56 Å². The first kappa shape index (κ1) is 20.6. The Balaban J connectivity index is 2.31. The molecule has 0 fully saturated rings. The van der Waals surface area contributed by atoms with Crippen molar-refractivity contribution in [1.82, 2.24) is 20.3 Å². The standard InChI is InChI=1S/C19H29N7O/c1-12(2)10-14(20)17(27)22-15(11-13-8-6-5-7-9-13)16-23-18(21)25-19(24-16)26(3)4/h5-9,12,14-15H,10-11,20H2,1-4H3,(H,22,27)(H2,21,23,24,25). The van der Waals surface area contributed by atoms with Crippen LogP contribution in [0, 0.1) is 5.92 Å². The van der Waals surface area contributed by atoms with Gasteiger partial charge in [-0.25, -0.2) is 0 Å². The molecule has 5 N–H and O–H groups in total. The maximum Gasteiger partial charge on any atom is 0.237 e. The lowest BCUT2D eigenvalue weighted by atomic mass is 10.0. The summed E-state index contributed by atoms with van der Waals surface area (Å²) in [6.07, 6.45) is 1.13. The number of rotatable bonds is 8. The van der Waals surface area contributed by atoms with Crippen molar-refractivity contribution in [3.05, 3.63) is 41.7 Å². The highest BCUT2D eigenvalue weighted by atomic mass is 16.2. The molecule has 27 heavy (non-hydrogen) atoms. The van der Waals surface area contributed by atoms with Crippen molar-refractivity contribution >= 4 is 17.8 Å². The van der Waals surface area contributed by atoms with Gasteiger partial charge in [-0.3, -0.25) is 4.79 Å². The number of nitrogens with two attached hydrogens (primary N) is 2. The molecular weight excluding hydrogens is 342 g/mol. The Labute approximate surface area is 160 Å². The number of aromatic nitrogens is 3. The van der Waals surface area contributed by atoms with Crippen LogP contribution in [0.3, 0.4) is 0 Å². The Morgan fingerprint density at radius 1 is 1.15 bits per heavy atom. The summed E-state index contributed by atoms with van der Waals surface area (Å²) in [4.78, 5) is 27.2. The van der Waals surface area contributed by atoms with Crippen molar-refractivity contribution in [3.8, 4) is 0 Å². The van der Waals surface area contributed by atoms with Crippen LogP contribution < -0.4 is 21.7 Å². The largest absolute Gasteiger partial charge is 0.368 e. The Kier molecular flexibility index (Phi) is 7.06. The van der Waals surface area contributed by atoms with Crippen molar-refractivity contribution in [1.29, 1.82) is 0 Å². The van der Waals surface area contributed by atoms with E-state index in [-0.39, 0.29) is 11.9 Å². The molecule has 0 aliphatic carbocycles. The van der Waals surface area contributed by atoms with E-state index in [0.29, 0.717) is 30.5 Å². The number of anilines is 2. The lowest BCUT2D eigenvalue weighted by molar-refractivity contribution is -0.123. The Morgan fingerprint density at radius 2 is 1.81 bits per heavy atom. The molecule has 1 aromatic carbocycles. The molecule has 2 rings (SSSR count). The predicted octanol–water partition coefficient (Wildman–Crippen LogP) is 1.29. The SMILES string of the molecule is CC(C)CC(N)C(=O)NC(Cc1ccccc1)c1nc(N)nc(N(C)C)n1. The third kappa shape index (κ3) is 6.18. The average molecular weight is 371 g/mol. The van der Waals surface area contributed by atoms with Gasteiger partial charge in [-0.2, -0.15) is 15.0 Å². The third-order valence-electron chi connectivity index (χ3n) is 4.03. The minimum atomic E-state index is -0.587. The maximum atomic E-state index is 12.6. The van der Waals surface area contributed by atoms with Gasteiger partial charge in [0.25, 0.3) is 0 Å². The van der Waals surface area contributed by atoms with Crippen LogP contribution in [-0.2, 0) is 11.2 Å². The van der Waals surface area contributed by atoms with E-state index in [4.69, 9.17) is 11.5 Å². The first-order valence-corrected chi connectivity index (χ1v) is 9.05. The fourth-order valence-electron chi connectivity index (χ4n) is 2.70. The number of carbonyl (C=O) groups excluding carboxylic acids is 1. The number of benzene rings is 1. The summed E-state index contributed by atoms with van der Waals surface area (Å²) in [6.45, 7) is 4.06. The number of nitrogens with zero attached hydrogens (tertiary/aromatic N) is 4. The zero-order valence-electron chi connectivity index (χ0n) is 16.4. The van der Waals surface area contributed by atoms with E-state index in [1.807, 2.05) is 58.3 Å². The first-order valence-electron chi connectivity index (χ1n) is 9.05. The van der Waals surface area contributed by atoms with Crippen molar-refractivity contribution in [2.24, 2.45) is 11.7 Å². The van der Waals surface area contributed by atoms with Crippen molar-refractivity contribution in [2.75, 3.05) is 24.7 Å². The minimum absolute atomic E-state index is 0.113. The highest BCUT2D eigenvalue weighted by Crippen LogP contribution is 2.18. The van der Waals surface area contributed by atoms with E-state index >= 15 is 0 Å². The number of hydrogen-bond acceptors (Lipinski definition) is 7. The maximum absolute atomic E-state index is 12.6. The number of hydrogen-bond donors (Lipinski definition) is 3. The van der Waals surface area contributed by atoms with Crippen LogP contribution in [0.25, 0.3) is 0 Å². The molecule has 1 heterocycles. The second-order valence-electron chi connectivity index (χ2n) is 7.23. The van der Waals surface area contributed by atoms with E-state index in [9.17, 15) is 4.79 Å². The van der Waals surface area contributed by atoms with E-state index in [1.54, 1.807) is 4.90 Å². The molecule has 0 saturated carbocycles. The second kappa shape index (κ2) is 9.27. The van der Waals surface area contributed by atoms with Crippen LogP contribution >= 0.6 is 0 Å². The van der Waals surface area contributed by atoms with Gasteiger partial charge in [0.05, 0.1) is 12.1 Å². The van der Waals surface area contributed by atoms with Gasteiger partial charge in [0.1, 0.15) is 0 Å². The number of nitrogens with one attached hydrogen (secondary N) is 1. The van der Waals surface area contributed by atoms with Crippen LogP contribution in [0.2, 0.25) is 0 Å². The number of carbonyl (C=O) groups is 1. The third-order valence-corrected chi connectivity index (χ3v) is 4.03. The lowest BCUT2D eigenvalue weighted by Gasteiger charge is -2.22. The highest BCUT2D eigenvalue weighted by molar-refractivity contribution is 5.81. The highest BCUT2D eigenvalue weighted by Gasteiger charge is 2.23. The van der Waals surface area contributed by atoms with Gasteiger partial charge in [0.2, 0.25) is 17.8 Å². The molecule has 2 atom stereocenters. The molecule has 1 aromatic heterocycles. The van der Waals surface area contributed by atoms with Gasteiger partial charge in [-0.1, -0.05) is 44.2 Å². The van der Waals surface area contributed by atoms with Crippen LogP contribution in [0.15, 0.2) is 30.3 Å². The molecule has 8 heteroatoms. The smallest absolute Gasteiger partial charge is 0.237 e. The molecule has 0 aliphatic rings. The number of nitrogen functional groups attached to an aromatic ring is 1. The van der Waals surface area contributed by atoms with Crippen LogP contribution in [-0.4, -0.2) is 41.0 Å². The molecule has 0 aliphatic heterocycles. The zero-order valence-corrected chi connectivity index (χ0v) is 16.4. The van der Waals surface area contributed by atoms with E-state index in [2.05, 4.69) is 20.3 Å².